The zero-order valence-electron chi connectivity index (χ0n) is 15.2. The fourth-order valence-electron chi connectivity index (χ4n) is 1.42. The Morgan fingerprint density at radius 1 is 0.957 bits per heavy atom. The first-order chi connectivity index (χ1) is 10.9. The van der Waals surface area contributed by atoms with Crippen molar-refractivity contribution in [2.75, 3.05) is 49.3 Å². The van der Waals surface area contributed by atoms with Gasteiger partial charge in [-0.25, -0.2) is 4.79 Å². The van der Waals surface area contributed by atoms with Gasteiger partial charge in [0.05, 0.1) is 6.61 Å². The Hall–Kier alpha value is -0.596. The van der Waals surface area contributed by atoms with Crippen LogP contribution in [0.15, 0.2) is 12.2 Å². The Kier molecular flexibility index (Phi) is 16.0. The van der Waals surface area contributed by atoms with E-state index in [2.05, 4.69) is 6.58 Å². The maximum absolute atomic E-state index is 11.1. The van der Waals surface area contributed by atoms with Crippen LogP contribution in [0.1, 0.15) is 13.3 Å². The molecule has 0 saturated carbocycles. The Morgan fingerprint density at radius 3 is 1.65 bits per heavy atom. The van der Waals surface area contributed by atoms with Gasteiger partial charge in [-0.05, 0) is 13.3 Å². The minimum Gasteiger partial charge on any atom is -0.462 e. The standard InChI is InChI=1S/C10H20O5Si.C3H10O3Si/c1-9(2)10(11)15-7-6-8-16(12-3,13-4)14-5;1-4-7(5-2)6-3/h1,6-8H2,2-5H3;7H,1-3H3. The van der Waals surface area contributed by atoms with Gasteiger partial charge in [-0.2, -0.15) is 0 Å². The first-order valence-corrected chi connectivity index (χ1v) is 10.3. The summed E-state index contributed by atoms with van der Waals surface area (Å²) in [6, 6.07) is 0.611. The SMILES string of the molecule is C=C(C)C(=O)OCCC[Si](OC)(OC)OC.CO[SiH](OC)OC. The van der Waals surface area contributed by atoms with Gasteiger partial charge in [-0.1, -0.05) is 6.58 Å². The summed E-state index contributed by atoms with van der Waals surface area (Å²) in [5.41, 5.74) is 0.397. The topological polar surface area (TPSA) is 81.7 Å². The van der Waals surface area contributed by atoms with Crippen LogP contribution >= 0.6 is 0 Å². The fraction of sp³-hybridized carbons (Fsp3) is 0.769. The summed E-state index contributed by atoms with van der Waals surface area (Å²) in [5.74, 6) is -0.375. The van der Waals surface area contributed by atoms with Crippen LogP contribution in [0, 0.1) is 0 Å². The highest BCUT2D eigenvalue weighted by Crippen LogP contribution is 2.14. The second-order valence-corrected chi connectivity index (χ2v) is 9.39. The van der Waals surface area contributed by atoms with Crippen LogP contribution in [0.25, 0.3) is 0 Å². The molecule has 23 heavy (non-hydrogen) atoms. The summed E-state index contributed by atoms with van der Waals surface area (Å²) < 4.78 is 34.9. The van der Waals surface area contributed by atoms with Crippen LogP contribution in [0.4, 0.5) is 0 Å². The van der Waals surface area contributed by atoms with E-state index in [9.17, 15) is 4.79 Å². The molecular weight excluding hydrogens is 340 g/mol. The smallest absolute Gasteiger partial charge is 0.462 e. The largest absolute Gasteiger partial charge is 0.500 e. The van der Waals surface area contributed by atoms with Crippen molar-refractivity contribution >= 4 is 24.3 Å². The molecule has 0 amide bonds. The third-order valence-electron chi connectivity index (χ3n) is 2.72. The summed E-state index contributed by atoms with van der Waals surface area (Å²) in [5, 5.41) is 0. The van der Waals surface area contributed by atoms with Crippen LogP contribution in [0.3, 0.4) is 0 Å². The normalized spacial score (nSPS) is 11.0. The Labute approximate surface area is 141 Å². The second kappa shape index (κ2) is 15.0. The molecule has 0 rings (SSSR count). The maximum atomic E-state index is 11.1. The number of rotatable bonds is 11. The highest BCUT2D eigenvalue weighted by atomic mass is 28.4. The van der Waals surface area contributed by atoms with Gasteiger partial charge in [0.2, 0.25) is 0 Å². The van der Waals surface area contributed by atoms with Crippen LogP contribution in [-0.2, 0) is 36.1 Å². The van der Waals surface area contributed by atoms with E-state index in [1.165, 1.54) is 0 Å². The van der Waals surface area contributed by atoms with Gasteiger partial charge < -0.3 is 31.3 Å². The number of carbonyl (C=O) groups excluding carboxylic acids is 1. The minimum atomic E-state index is -2.53. The van der Waals surface area contributed by atoms with Crippen LogP contribution < -0.4 is 0 Å². The van der Waals surface area contributed by atoms with Crippen LogP contribution in [0.5, 0.6) is 0 Å². The molecule has 0 aliphatic carbocycles. The first-order valence-electron chi connectivity index (χ1n) is 6.92. The molecule has 0 aromatic heterocycles. The molecule has 0 fully saturated rings. The lowest BCUT2D eigenvalue weighted by Crippen LogP contribution is -2.42. The van der Waals surface area contributed by atoms with E-state index < -0.39 is 18.3 Å². The molecule has 10 heteroatoms. The molecule has 138 valence electrons. The van der Waals surface area contributed by atoms with E-state index in [0.29, 0.717) is 24.6 Å². The second-order valence-electron chi connectivity index (χ2n) is 4.31. The van der Waals surface area contributed by atoms with Crippen molar-refractivity contribution in [3.8, 4) is 0 Å². The number of esters is 1. The van der Waals surface area contributed by atoms with Gasteiger partial charge in [0, 0.05) is 54.3 Å². The van der Waals surface area contributed by atoms with Crippen molar-refractivity contribution in [2.45, 2.75) is 19.4 Å². The molecule has 0 N–H and O–H groups in total. The summed E-state index contributed by atoms with van der Waals surface area (Å²) in [4.78, 5) is 11.1. The quantitative estimate of drug-likeness (QED) is 0.231. The molecular formula is C13H30O8Si2. The molecule has 0 aliphatic heterocycles. The number of hydrogen-bond acceptors (Lipinski definition) is 8. The van der Waals surface area contributed by atoms with E-state index in [-0.39, 0.29) is 5.97 Å². The fourth-order valence-corrected chi connectivity index (χ4v) is 3.69. The number of hydrogen-bond donors (Lipinski definition) is 0. The lowest BCUT2D eigenvalue weighted by Gasteiger charge is -2.24. The predicted octanol–water partition coefficient (Wildman–Crippen LogP) is 1.02. The monoisotopic (exact) mass is 370 g/mol. The van der Waals surface area contributed by atoms with E-state index in [1.807, 2.05) is 0 Å². The molecule has 0 spiro atoms. The van der Waals surface area contributed by atoms with Crippen molar-refractivity contribution < 1.29 is 36.1 Å². The molecule has 0 unspecified atom stereocenters. The van der Waals surface area contributed by atoms with Gasteiger partial charge in [0.25, 0.3) is 0 Å². The molecule has 8 nitrogen and oxygen atoms in total. The van der Waals surface area contributed by atoms with Crippen molar-refractivity contribution in [3.05, 3.63) is 12.2 Å². The Balaban J connectivity index is 0. The van der Waals surface area contributed by atoms with E-state index >= 15 is 0 Å². The molecule has 0 bridgehead atoms. The predicted molar refractivity (Wildman–Crippen MR) is 90.2 cm³/mol. The van der Waals surface area contributed by atoms with Gasteiger partial charge in [0.1, 0.15) is 0 Å². The van der Waals surface area contributed by atoms with Gasteiger partial charge in [-0.15, -0.1) is 0 Å². The summed E-state index contributed by atoms with van der Waals surface area (Å²) in [7, 11) is 5.18. The van der Waals surface area contributed by atoms with Gasteiger partial charge in [-0.3, -0.25) is 0 Å². The van der Waals surface area contributed by atoms with Crippen LogP contribution in [0.2, 0.25) is 6.04 Å². The maximum Gasteiger partial charge on any atom is 0.500 e. The van der Waals surface area contributed by atoms with Gasteiger partial charge in [0.15, 0.2) is 0 Å². The van der Waals surface area contributed by atoms with Crippen molar-refractivity contribution in [1.29, 1.82) is 0 Å². The summed E-state index contributed by atoms with van der Waals surface area (Å²) in [6.45, 7) is 5.42. The van der Waals surface area contributed by atoms with Crippen molar-refractivity contribution in [1.82, 2.24) is 0 Å². The zero-order chi connectivity index (χ0) is 18.3. The van der Waals surface area contributed by atoms with Crippen LogP contribution in [-0.4, -0.2) is 73.6 Å². The third kappa shape index (κ3) is 11.6. The van der Waals surface area contributed by atoms with Gasteiger partial charge >= 0.3 is 24.3 Å². The Morgan fingerprint density at radius 2 is 1.39 bits per heavy atom. The Bertz CT molecular complexity index is 305. The number of carbonyl (C=O) groups is 1. The minimum absolute atomic E-state index is 0.316. The zero-order valence-corrected chi connectivity index (χ0v) is 17.3. The highest BCUT2D eigenvalue weighted by molar-refractivity contribution is 6.60. The molecule has 0 aromatic carbocycles. The molecule has 0 aliphatic rings. The highest BCUT2D eigenvalue weighted by Gasteiger charge is 2.36. The molecule has 0 radical (unpaired) electrons. The third-order valence-corrected chi connectivity index (χ3v) is 6.71. The molecule has 0 atom stereocenters. The molecule has 0 aromatic rings. The van der Waals surface area contributed by atoms with E-state index in [0.717, 1.165) is 0 Å². The summed E-state index contributed by atoms with van der Waals surface area (Å²) in [6.07, 6.45) is 0.640. The van der Waals surface area contributed by atoms with Crippen molar-refractivity contribution in [2.24, 2.45) is 0 Å². The first kappa shape index (κ1) is 24.7. The lowest BCUT2D eigenvalue weighted by atomic mass is 10.4. The average molecular weight is 371 g/mol. The molecule has 0 saturated heterocycles. The summed E-state index contributed by atoms with van der Waals surface area (Å²) >= 11 is 0. The van der Waals surface area contributed by atoms with E-state index in [1.54, 1.807) is 49.6 Å². The van der Waals surface area contributed by atoms with E-state index in [4.69, 9.17) is 31.3 Å². The number of ether oxygens (including phenoxy) is 1. The van der Waals surface area contributed by atoms with Crippen molar-refractivity contribution in [3.63, 3.8) is 0 Å². The average Bonchev–Trinajstić information content (AvgIpc) is 2.57. The lowest BCUT2D eigenvalue weighted by molar-refractivity contribution is -0.139. The molecule has 0 heterocycles.